The Morgan fingerprint density at radius 2 is 1.84 bits per heavy atom. The largest absolute Gasteiger partial charge is 0.379 e. The predicted molar refractivity (Wildman–Crippen MR) is 73.8 cm³/mol. The summed E-state index contributed by atoms with van der Waals surface area (Å²) in [5.41, 5.74) is 0.603. The third kappa shape index (κ3) is 6.57. The number of hydrogen-bond acceptors (Lipinski definition) is 3. The minimum absolute atomic E-state index is 0.178. The van der Waals surface area contributed by atoms with E-state index in [1.165, 1.54) is 0 Å². The highest BCUT2D eigenvalue weighted by atomic mass is 16.5. The summed E-state index contributed by atoms with van der Waals surface area (Å²) < 4.78 is 5.33. The number of rotatable bonds is 6. The van der Waals surface area contributed by atoms with E-state index < -0.39 is 11.8 Å². The monoisotopic (exact) mass is 264 g/mol. The van der Waals surface area contributed by atoms with Crippen LogP contribution in [0.15, 0.2) is 30.3 Å². The molecule has 0 saturated heterocycles. The zero-order valence-electron chi connectivity index (χ0n) is 11.3. The minimum atomic E-state index is -0.657. The summed E-state index contributed by atoms with van der Waals surface area (Å²) in [6.45, 7) is 4.89. The molecule has 1 aromatic carbocycles. The third-order valence-electron chi connectivity index (χ3n) is 2.30. The van der Waals surface area contributed by atoms with Gasteiger partial charge < -0.3 is 15.4 Å². The molecule has 1 aromatic rings. The zero-order chi connectivity index (χ0) is 14.1. The minimum Gasteiger partial charge on any atom is -0.379 e. The van der Waals surface area contributed by atoms with Crippen LogP contribution < -0.4 is 10.6 Å². The van der Waals surface area contributed by atoms with Crippen LogP contribution in [0.2, 0.25) is 0 Å². The van der Waals surface area contributed by atoms with E-state index in [9.17, 15) is 9.59 Å². The second-order valence-corrected chi connectivity index (χ2v) is 4.35. The lowest BCUT2D eigenvalue weighted by atomic mass is 10.3. The summed E-state index contributed by atoms with van der Waals surface area (Å²) >= 11 is 0. The average molecular weight is 264 g/mol. The molecule has 0 aliphatic carbocycles. The molecule has 0 aliphatic rings. The summed E-state index contributed by atoms with van der Waals surface area (Å²) in [5.74, 6) is -1.29. The maximum Gasteiger partial charge on any atom is 0.313 e. The van der Waals surface area contributed by atoms with Gasteiger partial charge in [-0.1, -0.05) is 18.2 Å². The molecule has 0 aliphatic heterocycles. The number of amides is 2. The standard InChI is InChI=1S/C14H20N2O3/c1-11(2)19-10-6-9-15-13(17)14(18)16-12-7-4-3-5-8-12/h3-5,7-8,11H,6,9-10H2,1-2H3,(H,15,17)(H,16,18). The van der Waals surface area contributed by atoms with Crippen molar-refractivity contribution in [3.05, 3.63) is 30.3 Å². The first-order valence-electron chi connectivity index (χ1n) is 6.35. The molecule has 1 rings (SSSR count). The number of benzene rings is 1. The van der Waals surface area contributed by atoms with Crippen molar-refractivity contribution in [3.63, 3.8) is 0 Å². The summed E-state index contributed by atoms with van der Waals surface area (Å²) in [6.07, 6.45) is 0.861. The molecule has 0 spiro atoms. The normalized spacial score (nSPS) is 10.3. The van der Waals surface area contributed by atoms with Gasteiger partial charge in [-0.3, -0.25) is 9.59 Å². The van der Waals surface area contributed by atoms with Crippen molar-refractivity contribution < 1.29 is 14.3 Å². The molecule has 19 heavy (non-hydrogen) atoms. The number of hydrogen-bond donors (Lipinski definition) is 2. The fourth-order valence-electron chi connectivity index (χ4n) is 1.38. The van der Waals surface area contributed by atoms with Crippen LogP contribution in [0.3, 0.4) is 0 Å². The van der Waals surface area contributed by atoms with Gasteiger partial charge in [-0.15, -0.1) is 0 Å². The number of para-hydroxylation sites is 1. The van der Waals surface area contributed by atoms with Gasteiger partial charge in [0, 0.05) is 18.8 Å². The van der Waals surface area contributed by atoms with Crippen molar-refractivity contribution in [2.45, 2.75) is 26.4 Å². The van der Waals surface area contributed by atoms with Crippen molar-refractivity contribution in [3.8, 4) is 0 Å². The molecule has 5 heteroatoms. The van der Waals surface area contributed by atoms with Crippen LogP contribution in [0.5, 0.6) is 0 Å². The van der Waals surface area contributed by atoms with E-state index >= 15 is 0 Å². The number of anilines is 1. The van der Waals surface area contributed by atoms with Crippen molar-refractivity contribution in [2.75, 3.05) is 18.5 Å². The molecule has 0 aromatic heterocycles. The molecule has 2 amide bonds. The molecule has 0 fully saturated rings. The van der Waals surface area contributed by atoms with Crippen molar-refractivity contribution in [1.29, 1.82) is 0 Å². The molecule has 0 atom stereocenters. The van der Waals surface area contributed by atoms with Gasteiger partial charge in [0.15, 0.2) is 0 Å². The molecule has 0 saturated carbocycles. The molecule has 2 N–H and O–H groups in total. The van der Waals surface area contributed by atoms with Crippen molar-refractivity contribution >= 4 is 17.5 Å². The van der Waals surface area contributed by atoms with E-state index in [1.807, 2.05) is 19.9 Å². The lowest BCUT2D eigenvalue weighted by molar-refractivity contribution is -0.136. The van der Waals surface area contributed by atoms with E-state index in [-0.39, 0.29) is 6.10 Å². The van der Waals surface area contributed by atoms with Gasteiger partial charge in [-0.25, -0.2) is 0 Å². The van der Waals surface area contributed by atoms with Crippen molar-refractivity contribution in [2.24, 2.45) is 0 Å². The maximum absolute atomic E-state index is 11.5. The Hall–Kier alpha value is -1.88. The van der Waals surface area contributed by atoms with E-state index in [1.54, 1.807) is 24.3 Å². The Bertz CT molecular complexity index is 404. The van der Waals surface area contributed by atoms with Gasteiger partial charge in [0.1, 0.15) is 0 Å². The summed E-state index contributed by atoms with van der Waals surface area (Å²) in [7, 11) is 0. The highest BCUT2D eigenvalue weighted by Gasteiger charge is 2.12. The van der Waals surface area contributed by atoms with E-state index in [0.29, 0.717) is 25.3 Å². The Labute approximate surface area is 113 Å². The quantitative estimate of drug-likeness (QED) is 0.605. The van der Waals surface area contributed by atoms with E-state index in [2.05, 4.69) is 10.6 Å². The van der Waals surface area contributed by atoms with Crippen LogP contribution in [0, 0.1) is 0 Å². The number of ether oxygens (including phenoxy) is 1. The molecular weight excluding hydrogens is 244 g/mol. The Balaban J connectivity index is 2.20. The van der Waals surface area contributed by atoms with E-state index in [4.69, 9.17) is 4.74 Å². The van der Waals surface area contributed by atoms with Gasteiger partial charge >= 0.3 is 11.8 Å². The van der Waals surface area contributed by atoms with Crippen LogP contribution >= 0.6 is 0 Å². The second kappa shape index (κ2) is 8.26. The smallest absolute Gasteiger partial charge is 0.313 e. The number of carbonyl (C=O) groups excluding carboxylic acids is 2. The Kier molecular flexibility index (Phi) is 6.60. The van der Waals surface area contributed by atoms with Gasteiger partial charge in [-0.05, 0) is 32.4 Å². The van der Waals surface area contributed by atoms with Crippen LogP contribution in [-0.4, -0.2) is 31.1 Å². The highest BCUT2D eigenvalue weighted by Crippen LogP contribution is 2.04. The lowest BCUT2D eigenvalue weighted by Crippen LogP contribution is -2.36. The average Bonchev–Trinajstić information content (AvgIpc) is 2.38. The van der Waals surface area contributed by atoms with Crippen LogP contribution in [0.1, 0.15) is 20.3 Å². The second-order valence-electron chi connectivity index (χ2n) is 4.35. The van der Waals surface area contributed by atoms with Gasteiger partial charge in [0.25, 0.3) is 0 Å². The fourth-order valence-corrected chi connectivity index (χ4v) is 1.38. The van der Waals surface area contributed by atoms with Crippen LogP contribution in [0.4, 0.5) is 5.69 Å². The molecule has 0 heterocycles. The molecular formula is C14H20N2O3. The lowest BCUT2D eigenvalue weighted by Gasteiger charge is -2.08. The highest BCUT2D eigenvalue weighted by molar-refractivity contribution is 6.39. The molecule has 0 bridgehead atoms. The zero-order valence-corrected chi connectivity index (χ0v) is 11.3. The first-order valence-corrected chi connectivity index (χ1v) is 6.35. The topological polar surface area (TPSA) is 67.4 Å². The first kappa shape index (κ1) is 15.2. The Morgan fingerprint density at radius 3 is 2.47 bits per heavy atom. The SMILES string of the molecule is CC(C)OCCCNC(=O)C(=O)Nc1ccccc1. The Morgan fingerprint density at radius 1 is 1.16 bits per heavy atom. The van der Waals surface area contributed by atoms with Gasteiger partial charge in [-0.2, -0.15) is 0 Å². The molecule has 0 radical (unpaired) electrons. The summed E-state index contributed by atoms with van der Waals surface area (Å²) in [4.78, 5) is 23.0. The van der Waals surface area contributed by atoms with Gasteiger partial charge in [0.2, 0.25) is 0 Å². The molecule has 104 valence electrons. The van der Waals surface area contributed by atoms with Crippen molar-refractivity contribution in [1.82, 2.24) is 5.32 Å². The van der Waals surface area contributed by atoms with Crippen LogP contribution in [-0.2, 0) is 14.3 Å². The molecule has 5 nitrogen and oxygen atoms in total. The third-order valence-corrected chi connectivity index (χ3v) is 2.30. The summed E-state index contributed by atoms with van der Waals surface area (Å²) in [5, 5.41) is 5.06. The van der Waals surface area contributed by atoms with E-state index in [0.717, 1.165) is 0 Å². The van der Waals surface area contributed by atoms with Crippen LogP contribution in [0.25, 0.3) is 0 Å². The molecule has 0 unspecified atom stereocenters. The summed E-state index contributed by atoms with van der Waals surface area (Å²) in [6, 6.07) is 8.86. The number of carbonyl (C=O) groups is 2. The number of nitrogens with one attached hydrogen (secondary N) is 2. The fraction of sp³-hybridized carbons (Fsp3) is 0.429. The predicted octanol–water partition coefficient (Wildman–Crippen LogP) is 1.56. The van der Waals surface area contributed by atoms with Gasteiger partial charge in [0.05, 0.1) is 6.10 Å². The maximum atomic E-state index is 11.5. The first-order chi connectivity index (χ1) is 9.09.